The number of halogens is 3. The number of nitrogens with one attached hydrogen (secondary N) is 1. The summed E-state index contributed by atoms with van der Waals surface area (Å²) in [5, 5.41) is 10.4. The van der Waals surface area contributed by atoms with Crippen molar-refractivity contribution in [3.8, 4) is 0 Å². The third-order valence-electron chi connectivity index (χ3n) is 2.61. The van der Waals surface area contributed by atoms with E-state index in [1.807, 2.05) is 6.07 Å². The summed E-state index contributed by atoms with van der Waals surface area (Å²) in [6.07, 6.45) is -2.17. The minimum absolute atomic E-state index is 0.568. The van der Waals surface area contributed by atoms with Crippen LogP contribution in [0.25, 0.3) is 0 Å². The molecule has 1 fully saturated rings. The predicted octanol–water partition coefficient (Wildman–Crippen LogP) is 1.37. The van der Waals surface area contributed by atoms with Crippen LogP contribution < -0.4 is 11.1 Å². The fraction of sp³-hybridized carbons (Fsp3) is 0.455. The number of hydrogen-bond donors (Lipinski definition) is 3. The molecule has 8 heteroatoms. The van der Waals surface area contributed by atoms with E-state index >= 15 is 0 Å². The first-order valence-electron chi connectivity index (χ1n) is 5.53. The summed E-state index contributed by atoms with van der Waals surface area (Å²) < 4.78 is 31.7. The Bertz CT molecular complexity index is 431. The standard InChI is InChI=1S/C9H13N3.C2HF3O2/c10-9-8(2-1-4-12-9)7-3-5-11-6-7;3-2(4,5)1(6)7/h1-2,4,7,11H,3,5-6H2,(H2,10,12);(H,6,7). The lowest BCUT2D eigenvalue weighted by Crippen LogP contribution is -2.21. The summed E-state index contributed by atoms with van der Waals surface area (Å²) in [6.45, 7) is 2.13. The van der Waals surface area contributed by atoms with Crippen LogP contribution in [-0.2, 0) is 4.79 Å². The fourth-order valence-corrected chi connectivity index (χ4v) is 1.70. The lowest BCUT2D eigenvalue weighted by Gasteiger charge is -2.09. The molecule has 0 bridgehead atoms. The molecule has 1 unspecified atom stereocenters. The van der Waals surface area contributed by atoms with Crippen LogP contribution >= 0.6 is 0 Å². The lowest BCUT2D eigenvalue weighted by atomic mass is 9.99. The van der Waals surface area contributed by atoms with Gasteiger partial charge in [-0.15, -0.1) is 0 Å². The van der Waals surface area contributed by atoms with E-state index in [1.165, 1.54) is 12.0 Å². The molecular weight excluding hydrogens is 263 g/mol. The maximum atomic E-state index is 10.6. The van der Waals surface area contributed by atoms with Gasteiger partial charge in [-0.1, -0.05) is 6.07 Å². The molecule has 0 aliphatic carbocycles. The Balaban J connectivity index is 0.000000224. The van der Waals surface area contributed by atoms with E-state index in [9.17, 15) is 13.2 Å². The molecule has 1 atom stereocenters. The van der Waals surface area contributed by atoms with E-state index < -0.39 is 12.1 Å². The maximum Gasteiger partial charge on any atom is 0.490 e. The second-order valence-corrected chi connectivity index (χ2v) is 3.97. The van der Waals surface area contributed by atoms with Gasteiger partial charge in [0.25, 0.3) is 0 Å². The van der Waals surface area contributed by atoms with Crippen molar-refractivity contribution in [1.29, 1.82) is 0 Å². The zero-order valence-corrected chi connectivity index (χ0v) is 9.94. The van der Waals surface area contributed by atoms with Gasteiger partial charge in [-0.3, -0.25) is 0 Å². The monoisotopic (exact) mass is 277 g/mol. The number of nitrogens with two attached hydrogens (primary N) is 1. The van der Waals surface area contributed by atoms with E-state index in [1.54, 1.807) is 6.20 Å². The minimum Gasteiger partial charge on any atom is -0.475 e. The summed E-state index contributed by atoms with van der Waals surface area (Å²) in [4.78, 5) is 13.0. The van der Waals surface area contributed by atoms with Crippen LogP contribution in [0.15, 0.2) is 18.3 Å². The second kappa shape index (κ2) is 6.37. The third kappa shape index (κ3) is 4.74. The van der Waals surface area contributed by atoms with E-state index in [0.29, 0.717) is 11.7 Å². The smallest absolute Gasteiger partial charge is 0.475 e. The highest BCUT2D eigenvalue weighted by atomic mass is 19.4. The first-order chi connectivity index (χ1) is 8.82. The van der Waals surface area contributed by atoms with Gasteiger partial charge in [-0.05, 0) is 24.6 Å². The molecule has 1 aromatic rings. The van der Waals surface area contributed by atoms with Crippen molar-refractivity contribution in [1.82, 2.24) is 10.3 Å². The van der Waals surface area contributed by atoms with Gasteiger partial charge in [0, 0.05) is 18.7 Å². The summed E-state index contributed by atoms with van der Waals surface area (Å²) in [5.41, 5.74) is 6.96. The molecule has 19 heavy (non-hydrogen) atoms. The summed E-state index contributed by atoms with van der Waals surface area (Å²) in [7, 11) is 0. The van der Waals surface area contributed by atoms with Gasteiger partial charge < -0.3 is 16.2 Å². The highest BCUT2D eigenvalue weighted by Crippen LogP contribution is 2.25. The first-order valence-corrected chi connectivity index (χ1v) is 5.53. The zero-order valence-electron chi connectivity index (χ0n) is 9.94. The number of carboxylic acid groups (broad SMARTS) is 1. The average Bonchev–Trinajstić information content (AvgIpc) is 2.82. The molecule has 1 aliphatic heterocycles. The number of pyridine rings is 1. The highest BCUT2D eigenvalue weighted by Gasteiger charge is 2.38. The van der Waals surface area contributed by atoms with Gasteiger partial charge in [0.2, 0.25) is 0 Å². The number of alkyl halides is 3. The van der Waals surface area contributed by atoms with Gasteiger partial charge in [0.05, 0.1) is 0 Å². The summed E-state index contributed by atoms with van der Waals surface area (Å²) in [6, 6.07) is 4.02. The van der Waals surface area contributed by atoms with Crippen LogP contribution in [-0.4, -0.2) is 35.3 Å². The normalized spacial score (nSPS) is 18.6. The number of carbonyl (C=O) groups is 1. The average molecular weight is 277 g/mol. The number of aliphatic carboxylic acids is 1. The lowest BCUT2D eigenvalue weighted by molar-refractivity contribution is -0.192. The van der Waals surface area contributed by atoms with E-state index in [2.05, 4.69) is 16.4 Å². The van der Waals surface area contributed by atoms with Crippen LogP contribution in [0, 0.1) is 0 Å². The van der Waals surface area contributed by atoms with Gasteiger partial charge >= 0.3 is 12.1 Å². The Labute approximate surface area is 107 Å². The highest BCUT2D eigenvalue weighted by molar-refractivity contribution is 5.73. The maximum absolute atomic E-state index is 10.6. The van der Waals surface area contributed by atoms with Crippen LogP contribution in [0.2, 0.25) is 0 Å². The van der Waals surface area contributed by atoms with Crippen molar-refractivity contribution >= 4 is 11.8 Å². The fourth-order valence-electron chi connectivity index (χ4n) is 1.70. The Kier molecular flexibility index (Phi) is 5.11. The van der Waals surface area contributed by atoms with Gasteiger partial charge in [0.15, 0.2) is 0 Å². The quantitative estimate of drug-likeness (QED) is 0.721. The largest absolute Gasteiger partial charge is 0.490 e. The number of carboxylic acids is 1. The number of aromatic nitrogens is 1. The number of rotatable bonds is 1. The molecule has 2 heterocycles. The van der Waals surface area contributed by atoms with E-state index in [-0.39, 0.29) is 0 Å². The minimum atomic E-state index is -5.08. The molecule has 0 aromatic carbocycles. The van der Waals surface area contributed by atoms with Crippen molar-refractivity contribution in [3.63, 3.8) is 0 Å². The van der Waals surface area contributed by atoms with Crippen molar-refractivity contribution in [3.05, 3.63) is 23.9 Å². The summed E-state index contributed by atoms with van der Waals surface area (Å²) in [5.74, 6) is -1.50. The molecule has 0 radical (unpaired) electrons. The molecule has 2 rings (SSSR count). The van der Waals surface area contributed by atoms with Gasteiger partial charge in [-0.25, -0.2) is 9.78 Å². The van der Waals surface area contributed by atoms with Gasteiger partial charge in [-0.2, -0.15) is 13.2 Å². The van der Waals surface area contributed by atoms with Crippen LogP contribution in [0.4, 0.5) is 19.0 Å². The number of nitrogens with zero attached hydrogens (tertiary/aromatic N) is 1. The topological polar surface area (TPSA) is 88.2 Å². The molecule has 1 aliphatic rings. The molecule has 1 aromatic heterocycles. The molecule has 0 spiro atoms. The van der Waals surface area contributed by atoms with E-state index in [0.717, 1.165) is 13.1 Å². The molecule has 106 valence electrons. The number of hydrogen-bond acceptors (Lipinski definition) is 4. The molecule has 0 saturated carbocycles. The predicted molar refractivity (Wildman–Crippen MR) is 62.6 cm³/mol. The Morgan fingerprint density at radius 2 is 2.16 bits per heavy atom. The Morgan fingerprint density at radius 1 is 1.53 bits per heavy atom. The van der Waals surface area contributed by atoms with Crippen LogP contribution in [0.3, 0.4) is 0 Å². The zero-order chi connectivity index (χ0) is 14.5. The van der Waals surface area contributed by atoms with Gasteiger partial charge in [0.1, 0.15) is 5.82 Å². The van der Waals surface area contributed by atoms with E-state index in [4.69, 9.17) is 15.6 Å². The Hall–Kier alpha value is -1.83. The molecule has 4 N–H and O–H groups in total. The number of anilines is 1. The van der Waals surface area contributed by atoms with Crippen molar-refractivity contribution in [2.75, 3.05) is 18.8 Å². The van der Waals surface area contributed by atoms with Crippen LogP contribution in [0.1, 0.15) is 17.9 Å². The SMILES string of the molecule is Nc1ncccc1C1CCNC1.O=C(O)C(F)(F)F. The third-order valence-corrected chi connectivity index (χ3v) is 2.61. The molecule has 0 amide bonds. The van der Waals surface area contributed by atoms with Crippen molar-refractivity contribution < 1.29 is 23.1 Å². The van der Waals surface area contributed by atoms with Crippen molar-refractivity contribution in [2.24, 2.45) is 0 Å². The molecule has 1 saturated heterocycles. The number of nitrogen functional groups attached to an aromatic ring is 1. The Morgan fingerprint density at radius 3 is 2.58 bits per heavy atom. The van der Waals surface area contributed by atoms with Crippen molar-refractivity contribution in [2.45, 2.75) is 18.5 Å². The van der Waals surface area contributed by atoms with Crippen LogP contribution in [0.5, 0.6) is 0 Å². The molecular formula is C11H14F3N3O2. The second-order valence-electron chi connectivity index (χ2n) is 3.97. The first kappa shape index (κ1) is 15.2. The summed E-state index contributed by atoms with van der Waals surface area (Å²) >= 11 is 0. The molecule has 5 nitrogen and oxygen atoms in total.